The molecule has 1 aromatic carbocycles. The SMILES string of the molecule is CCCNC(Cc1ccc(Br)cn1)c1ccc(Br)c(F)c1. The molecule has 1 unspecified atom stereocenters. The number of nitrogens with zero attached hydrogens (tertiary/aromatic N) is 1. The summed E-state index contributed by atoms with van der Waals surface area (Å²) in [6.07, 6.45) is 3.55. The van der Waals surface area contributed by atoms with Crippen LogP contribution in [-0.2, 0) is 6.42 Å². The van der Waals surface area contributed by atoms with Gasteiger partial charge in [-0.15, -0.1) is 0 Å². The van der Waals surface area contributed by atoms with E-state index in [0.717, 1.165) is 35.1 Å². The van der Waals surface area contributed by atoms with E-state index in [0.29, 0.717) is 4.47 Å². The molecule has 1 aromatic heterocycles. The Balaban J connectivity index is 2.20. The van der Waals surface area contributed by atoms with Gasteiger partial charge in [0, 0.05) is 28.8 Å². The molecule has 0 aliphatic rings. The lowest BCUT2D eigenvalue weighted by atomic mass is 10.0. The Bertz CT molecular complexity index is 587. The number of hydrogen-bond acceptors (Lipinski definition) is 2. The molecule has 1 N–H and O–H groups in total. The summed E-state index contributed by atoms with van der Waals surface area (Å²) in [5.74, 6) is -0.237. The highest BCUT2D eigenvalue weighted by Crippen LogP contribution is 2.23. The Labute approximate surface area is 141 Å². The van der Waals surface area contributed by atoms with Gasteiger partial charge in [-0.05, 0) is 74.7 Å². The van der Waals surface area contributed by atoms with Crippen molar-refractivity contribution in [3.63, 3.8) is 0 Å². The van der Waals surface area contributed by atoms with E-state index in [1.807, 2.05) is 18.2 Å². The zero-order chi connectivity index (χ0) is 15.2. The van der Waals surface area contributed by atoms with Crippen molar-refractivity contribution in [1.82, 2.24) is 10.3 Å². The Morgan fingerprint density at radius 2 is 2.05 bits per heavy atom. The fourth-order valence-corrected chi connectivity index (χ4v) is 2.57. The molecule has 0 radical (unpaired) electrons. The van der Waals surface area contributed by atoms with E-state index in [9.17, 15) is 4.39 Å². The fraction of sp³-hybridized carbons (Fsp3) is 0.312. The molecule has 0 aliphatic carbocycles. The minimum atomic E-state index is -0.237. The van der Waals surface area contributed by atoms with Crippen LogP contribution in [0.3, 0.4) is 0 Å². The number of pyridine rings is 1. The number of benzene rings is 1. The first-order chi connectivity index (χ1) is 10.1. The van der Waals surface area contributed by atoms with Crippen LogP contribution in [0.2, 0.25) is 0 Å². The van der Waals surface area contributed by atoms with E-state index in [1.165, 1.54) is 0 Å². The molecule has 2 aromatic rings. The minimum Gasteiger partial charge on any atom is -0.310 e. The molecule has 2 nitrogen and oxygen atoms in total. The van der Waals surface area contributed by atoms with E-state index in [-0.39, 0.29) is 11.9 Å². The third-order valence-corrected chi connectivity index (χ3v) is 4.30. The second-order valence-electron chi connectivity index (χ2n) is 4.85. The van der Waals surface area contributed by atoms with Gasteiger partial charge in [-0.2, -0.15) is 0 Å². The largest absolute Gasteiger partial charge is 0.310 e. The molecule has 0 spiro atoms. The third-order valence-electron chi connectivity index (χ3n) is 3.19. The van der Waals surface area contributed by atoms with E-state index < -0.39 is 0 Å². The van der Waals surface area contributed by atoms with Gasteiger partial charge in [-0.1, -0.05) is 13.0 Å². The molecule has 0 saturated heterocycles. The van der Waals surface area contributed by atoms with Crippen molar-refractivity contribution in [3.8, 4) is 0 Å². The highest BCUT2D eigenvalue weighted by molar-refractivity contribution is 9.10. The van der Waals surface area contributed by atoms with Gasteiger partial charge in [0.25, 0.3) is 0 Å². The number of halogens is 3. The fourth-order valence-electron chi connectivity index (χ4n) is 2.09. The van der Waals surface area contributed by atoms with E-state index >= 15 is 0 Å². The summed E-state index contributed by atoms with van der Waals surface area (Å²) < 4.78 is 15.2. The number of hydrogen-bond donors (Lipinski definition) is 1. The molecular weight excluding hydrogens is 399 g/mol. The van der Waals surface area contributed by atoms with Crippen LogP contribution in [0.15, 0.2) is 45.5 Å². The molecule has 1 heterocycles. The van der Waals surface area contributed by atoms with Crippen molar-refractivity contribution >= 4 is 31.9 Å². The summed E-state index contributed by atoms with van der Waals surface area (Å²) in [5.41, 5.74) is 1.92. The lowest BCUT2D eigenvalue weighted by Crippen LogP contribution is -2.24. The van der Waals surface area contributed by atoms with Gasteiger partial charge < -0.3 is 5.32 Å². The lowest BCUT2D eigenvalue weighted by molar-refractivity contribution is 0.519. The molecular formula is C16H17Br2FN2. The lowest BCUT2D eigenvalue weighted by Gasteiger charge is -2.19. The van der Waals surface area contributed by atoms with Crippen molar-refractivity contribution in [2.24, 2.45) is 0 Å². The van der Waals surface area contributed by atoms with E-state index in [1.54, 1.807) is 18.3 Å². The highest BCUT2D eigenvalue weighted by atomic mass is 79.9. The van der Waals surface area contributed by atoms with Crippen molar-refractivity contribution in [2.75, 3.05) is 6.54 Å². The summed E-state index contributed by atoms with van der Waals surface area (Å²) in [6.45, 7) is 3.00. The zero-order valence-corrected chi connectivity index (χ0v) is 14.9. The van der Waals surface area contributed by atoms with Crippen molar-refractivity contribution < 1.29 is 4.39 Å². The van der Waals surface area contributed by atoms with Gasteiger partial charge in [-0.25, -0.2) is 4.39 Å². The number of rotatable bonds is 6. The van der Waals surface area contributed by atoms with Crippen molar-refractivity contribution in [2.45, 2.75) is 25.8 Å². The Kier molecular flexibility index (Phi) is 6.33. The molecule has 0 fully saturated rings. The van der Waals surface area contributed by atoms with Gasteiger partial charge >= 0.3 is 0 Å². The van der Waals surface area contributed by atoms with Gasteiger partial charge in [-0.3, -0.25) is 4.98 Å². The van der Waals surface area contributed by atoms with E-state index in [4.69, 9.17) is 0 Å². The Morgan fingerprint density at radius 1 is 1.24 bits per heavy atom. The normalized spacial score (nSPS) is 12.4. The Hall–Kier alpha value is -0.780. The van der Waals surface area contributed by atoms with Gasteiger partial charge in [0.1, 0.15) is 5.82 Å². The smallest absolute Gasteiger partial charge is 0.137 e. The topological polar surface area (TPSA) is 24.9 Å². The summed E-state index contributed by atoms with van der Waals surface area (Å²) >= 11 is 6.58. The summed E-state index contributed by atoms with van der Waals surface area (Å²) in [7, 11) is 0. The molecule has 0 bridgehead atoms. The molecule has 0 aliphatic heterocycles. The van der Waals surface area contributed by atoms with Crippen LogP contribution in [-0.4, -0.2) is 11.5 Å². The molecule has 5 heteroatoms. The van der Waals surface area contributed by atoms with Gasteiger partial charge in [0.05, 0.1) is 4.47 Å². The monoisotopic (exact) mass is 414 g/mol. The van der Waals surface area contributed by atoms with Crippen LogP contribution in [0, 0.1) is 5.82 Å². The molecule has 0 saturated carbocycles. The van der Waals surface area contributed by atoms with E-state index in [2.05, 4.69) is 49.1 Å². The maximum Gasteiger partial charge on any atom is 0.137 e. The number of aromatic nitrogens is 1. The predicted octanol–water partition coefficient (Wildman–Crippen LogP) is 5.03. The summed E-state index contributed by atoms with van der Waals surface area (Å²) in [5, 5.41) is 3.46. The standard InChI is InChI=1S/C16H17Br2FN2/c1-2-7-20-16(9-13-5-4-12(17)10-21-13)11-3-6-14(18)15(19)8-11/h3-6,8,10,16,20H,2,7,9H2,1H3. The third kappa shape index (κ3) is 4.87. The van der Waals surface area contributed by atoms with Crippen LogP contribution in [0.25, 0.3) is 0 Å². The van der Waals surface area contributed by atoms with Crippen molar-refractivity contribution in [1.29, 1.82) is 0 Å². The maximum atomic E-state index is 13.8. The predicted molar refractivity (Wildman–Crippen MR) is 90.8 cm³/mol. The average molecular weight is 416 g/mol. The maximum absolute atomic E-state index is 13.8. The first-order valence-electron chi connectivity index (χ1n) is 6.89. The quantitative estimate of drug-likeness (QED) is 0.715. The highest BCUT2D eigenvalue weighted by Gasteiger charge is 2.14. The first kappa shape index (κ1) is 16.6. The number of nitrogens with one attached hydrogen (secondary N) is 1. The van der Waals surface area contributed by atoms with Crippen LogP contribution in [0.4, 0.5) is 4.39 Å². The van der Waals surface area contributed by atoms with Crippen LogP contribution in [0.5, 0.6) is 0 Å². The molecule has 0 amide bonds. The minimum absolute atomic E-state index is 0.0567. The molecule has 112 valence electrons. The second-order valence-corrected chi connectivity index (χ2v) is 6.62. The molecule has 21 heavy (non-hydrogen) atoms. The van der Waals surface area contributed by atoms with Crippen LogP contribution < -0.4 is 5.32 Å². The van der Waals surface area contributed by atoms with Crippen LogP contribution >= 0.6 is 31.9 Å². The molecule has 2 rings (SSSR count). The summed E-state index contributed by atoms with van der Waals surface area (Å²) in [4.78, 5) is 4.40. The Morgan fingerprint density at radius 3 is 2.67 bits per heavy atom. The van der Waals surface area contributed by atoms with Gasteiger partial charge in [0.15, 0.2) is 0 Å². The first-order valence-corrected chi connectivity index (χ1v) is 8.47. The van der Waals surface area contributed by atoms with Gasteiger partial charge in [0.2, 0.25) is 0 Å². The average Bonchev–Trinajstić information content (AvgIpc) is 2.48. The second kappa shape index (κ2) is 8.01. The molecule has 1 atom stereocenters. The van der Waals surface area contributed by atoms with Crippen molar-refractivity contribution in [3.05, 3.63) is 62.5 Å². The summed E-state index contributed by atoms with van der Waals surface area (Å²) in [6, 6.07) is 9.29. The van der Waals surface area contributed by atoms with Crippen LogP contribution in [0.1, 0.15) is 30.6 Å². The zero-order valence-electron chi connectivity index (χ0n) is 11.7.